The molecule has 4 heterocycles. The molecular weight excluding hydrogens is 320 g/mol. The zero-order valence-corrected chi connectivity index (χ0v) is 14.1. The highest BCUT2D eigenvalue weighted by Crippen LogP contribution is 2.29. The minimum atomic E-state index is -0.162. The zero-order valence-electron chi connectivity index (χ0n) is 14.1. The molecule has 0 radical (unpaired) electrons. The lowest BCUT2D eigenvalue weighted by atomic mass is 9.99. The van der Waals surface area contributed by atoms with Crippen LogP contribution in [0, 0.1) is 6.92 Å². The molecule has 0 aromatic carbocycles. The molecule has 8 heteroatoms. The fraction of sp³-hybridized carbons (Fsp3) is 0.412. The van der Waals surface area contributed by atoms with Crippen LogP contribution in [-0.2, 0) is 11.3 Å². The van der Waals surface area contributed by atoms with Gasteiger partial charge >= 0.3 is 0 Å². The maximum atomic E-state index is 12.7. The van der Waals surface area contributed by atoms with Gasteiger partial charge in [-0.3, -0.25) is 19.4 Å². The Balaban J connectivity index is 1.66. The lowest BCUT2D eigenvalue weighted by Crippen LogP contribution is -2.41. The van der Waals surface area contributed by atoms with Crippen LogP contribution in [0.15, 0.2) is 35.4 Å². The summed E-state index contributed by atoms with van der Waals surface area (Å²) in [5.41, 5.74) is 1.97. The molecule has 0 bridgehead atoms. The van der Waals surface area contributed by atoms with Crippen molar-refractivity contribution in [2.45, 2.75) is 38.8 Å². The van der Waals surface area contributed by atoms with Gasteiger partial charge < -0.3 is 4.90 Å². The minimum Gasteiger partial charge on any atom is -0.332 e. The van der Waals surface area contributed by atoms with Crippen molar-refractivity contribution >= 4 is 11.6 Å². The smallest absolute Gasteiger partial charge is 0.272 e. The number of carbonyl (C=O) groups is 1. The topological polar surface area (TPSA) is 88.3 Å². The molecule has 0 saturated carbocycles. The van der Waals surface area contributed by atoms with Crippen LogP contribution in [0.5, 0.6) is 0 Å². The summed E-state index contributed by atoms with van der Waals surface area (Å²) in [6, 6.07) is 5.01. The van der Waals surface area contributed by atoms with Crippen molar-refractivity contribution in [3.05, 3.63) is 52.3 Å². The van der Waals surface area contributed by atoms with Crippen LogP contribution >= 0.6 is 0 Å². The van der Waals surface area contributed by atoms with Crippen LogP contribution in [0.2, 0.25) is 0 Å². The number of piperidine rings is 1. The summed E-state index contributed by atoms with van der Waals surface area (Å²) < 4.78 is 3.05. The lowest BCUT2D eigenvalue weighted by Gasteiger charge is -2.35. The zero-order chi connectivity index (χ0) is 17.4. The Labute approximate surface area is 144 Å². The van der Waals surface area contributed by atoms with Crippen molar-refractivity contribution < 1.29 is 4.79 Å². The van der Waals surface area contributed by atoms with Crippen LogP contribution in [0.25, 0.3) is 5.65 Å². The Bertz CT molecular complexity index is 955. The number of H-pyrrole nitrogens is 1. The quantitative estimate of drug-likeness (QED) is 0.778. The number of hydrogen-bond donors (Lipinski definition) is 1. The van der Waals surface area contributed by atoms with Crippen LogP contribution in [-0.4, -0.2) is 41.7 Å². The van der Waals surface area contributed by atoms with E-state index < -0.39 is 0 Å². The Morgan fingerprint density at radius 3 is 3.04 bits per heavy atom. The number of aryl methyl sites for hydroxylation is 1. The molecule has 1 atom stereocenters. The van der Waals surface area contributed by atoms with Gasteiger partial charge in [0.15, 0.2) is 5.65 Å². The molecular formula is C17H20N6O2. The third-order valence-corrected chi connectivity index (χ3v) is 4.62. The van der Waals surface area contributed by atoms with Gasteiger partial charge in [-0.25, -0.2) is 9.50 Å². The number of hydrogen-bond acceptors (Lipinski definition) is 4. The first-order chi connectivity index (χ1) is 12.1. The molecule has 1 fully saturated rings. The standard InChI is InChI=1S/C17H20N6O2/c1-12-9-15-19-13(10-16(24)23(15)20-12)14-5-2-3-8-22(14)17(25)11-21-7-4-6-18-21/h4,6-7,9-10,14,20H,2-3,5,8,11H2,1H3/t14-/m0/s1. The number of aromatic amines is 1. The van der Waals surface area contributed by atoms with Gasteiger partial charge in [0.2, 0.25) is 5.91 Å². The van der Waals surface area contributed by atoms with E-state index >= 15 is 0 Å². The third-order valence-electron chi connectivity index (χ3n) is 4.62. The SMILES string of the molecule is Cc1cc2nc([C@@H]3CCCCN3C(=O)Cn3cccn3)cc(=O)n2[nH]1. The largest absolute Gasteiger partial charge is 0.332 e. The Morgan fingerprint density at radius 2 is 2.24 bits per heavy atom. The van der Waals surface area contributed by atoms with Crippen molar-refractivity contribution in [3.8, 4) is 0 Å². The molecule has 0 spiro atoms. The molecule has 1 aliphatic heterocycles. The highest BCUT2D eigenvalue weighted by atomic mass is 16.2. The number of aromatic nitrogens is 5. The van der Waals surface area contributed by atoms with E-state index in [-0.39, 0.29) is 24.1 Å². The molecule has 1 N–H and O–H groups in total. The van der Waals surface area contributed by atoms with E-state index in [0.717, 1.165) is 25.0 Å². The number of rotatable bonds is 3. The van der Waals surface area contributed by atoms with Gasteiger partial charge in [-0.15, -0.1) is 0 Å². The van der Waals surface area contributed by atoms with Crippen LogP contribution in [0.3, 0.4) is 0 Å². The van der Waals surface area contributed by atoms with Crippen LogP contribution < -0.4 is 5.56 Å². The number of fused-ring (bicyclic) bond motifs is 1. The van der Waals surface area contributed by atoms with Gasteiger partial charge in [0, 0.05) is 36.8 Å². The first kappa shape index (κ1) is 15.6. The molecule has 3 aromatic heterocycles. The van der Waals surface area contributed by atoms with E-state index in [0.29, 0.717) is 17.9 Å². The van der Waals surface area contributed by atoms with Crippen LogP contribution in [0.1, 0.15) is 36.7 Å². The van der Waals surface area contributed by atoms with Gasteiger partial charge in [-0.2, -0.15) is 5.10 Å². The Kier molecular flexibility index (Phi) is 3.87. The third kappa shape index (κ3) is 2.95. The van der Waals surface area contributed by atoms with E-state index in [1.54, 1.807) is 23.1 Å². The lowest BCUT2D eigenvalue weighted by molar-refractivity contribution is -0.136. The average Bonchev–Trinajstić information content (AvgIpc) is 3.23. The van der Waals surface area contributed by atoms with Crippen molar-refractivity contribution in [2.75, 3.05) is 6.54 Å². The average molecular weight is 340 g/mol. The van der Waals surface area contributed by atoms with Crippen molar-refractivity contribution in [2.24, 2.45) is 0 Å². The number of amides is 1. The van der Waals surface area contributed by atoms with Crippen molar-refractivity contribution in [3.63, 3.8) is 0 Å². The number of carbonyl (C=O) groups excluding carboxylic acids is 1. The highest BCUT2D eigenvalue weighted by molar-refractivity contribution is 5.76. The highest BCUT2D eigenvalue weighted by Gasteiger charge is 2.29. The van der Waals surface area contributed by atoms with Crippen molar-refractivity contribution in [1.82, 2.24) is 29.3 Å². The van der Waals surface area contributed by atoms with Gasteiger partial charge in [0.05, 0.1) is 11.7 Å². The Hall–Kier alpha value is -2.90. The fourth-order valence-corrected chi connectivity index (χ4v) is 3.46. The van der Waals surface area contributed by atoms with E-state index in [2.05, 4.69) is 15.2 Å². The van der Waals surface area contributed by atoms with Gasteiger partial charge in [-0.05, 0) is 32.3 Å². The van der Waals surface area contributed by atoms with Gasteiger partial charge in [-0.1, -0.05) is 0 Å². The number of likely N-dealkylation sites (tertiary alicyclic amines) is 1. The first-order valence-corrected chi connectivity index (χ1v) is 8.48. The Morgan fingerprint density at radius 1 is 1.36 bits per heavy atom. The summed E-state index contributed by atoms with van der Waals surface area (Å²) in [7, 11) is 0. The van der Waals surface area contributed by atoms with Crippen LogP contribution in [0.4, 0.5) is 0 Å². The predicted molar refractivity (Wildman–Crippen MR) is 91.1 cm³/mol. The minimum absolute atomic E-state index is 0.000600. The molecule has 1 saturated heterocycles. The van der Waals surface area contributed by atoms with Gasteiger partial charge in [0.1, 0.15) is 6.54 Å². The van der Waals surface area contributed by atoms with E-state index in [9.17, 15) is 9.59 Å². The molecule has 0 unspecified atom stereocenters. The molecule has 1 amide bonds. The summed E-state index contributed by atoms with van der Waals surface area (Å²) in [5.74, 6) is 0.000600. The summed E-state index contributed by atoms with van der Waals surface area (Å²) in [4.78, 5) is 31.6. The molecule has 4 rings (SSSR count). The summed E-state index contributed by atoms with van der Waals surface area (Å²) in [6.45, 7) is 2.76. The van der Waals surface area contributed by atoms with Gasteiger partial charge in [0.25, 0.3) is 5.56 Å². The van der Waals surface area contributed by atoms with E-state index in [1.165, 1.54) is 10.6 Å². The molecule has 25 heavy (non-hydrogen) atoms. The van der Waals surface area contributed by atoms with Crippen molar-refractivity contribution in [1.29, 1.82) is 0 Å². The molecule has 1 aliphatic rings. The molecule has 3 aromatic rings. The van der Waals surface area contributed by atoms with E-state index in [4.69, 9.17) is 0 Å². The van der Waals surface area contributed by atoms with E-state index in [1.807, 2.05) is 17.9 Å². The number of nitrogens with zero attached hydrogens (tertiary/aromatic N) is 5. The molecule has 0 aliphatic carbocycles. The fourth-order valence-electron chi connectivity index (χ4n) is 3.46. The molecule has 130 valence electrons. The summed E-state index contributed by atoms with van der Waals surface area (Å²) in [5, 5.41) is 7.07. The second-order valence-corrected chi connectivity index (χ2v) is 6.45. The maximum Gasteiger partial charge on any atom is 0.272 e. The normalized spacial score (nSPS) is 18.0. The summed E-state index contributed by atoms with van der Waals surface area (Å²) in [6.07, 6.45) is 6.23. The maximum absolute atomic E-state index is 12.7. The number of nitrogens with one attached hydrogen (secondary N) is 1. The predicted octanol–water partition coefficient (Wildman–Crippen LogP) is 1.28. The summed E-state index contributed by atoms with van der Waals surface area (Å²) >= 11 is 0. The monoisotopic (exact) mass is 340 g/mol. The first-order valence-electron chi connectivity index (χ1n) is 8.48. The second-order valence-electron chi connectivity index (χ2n) is 6.45. The molecule has 8 nitrogen and oxygen atoms in total. The second kappa shape index (κ2) is 6.19.